The number of phosphoric acid groups is 1. The summed E-state index contributed by atoms with van der Waals surface area (Å²) < 4.78 is 23.3. The van der Waals surface area contributed by atoms with E-state index in [9.17, 15) is 19.4 Å². The maximum absolute atomic E-state index is 13.0. The molecule has 82 heavy (non-hydrogen) atoms. The summed E-state index contributed by atoms with van der Waals surface area (Å²) in [7, 11) is 1.19. The number of unbranched alkanes of at least 4 members (excludes halogenated alkanes) is 15. The third kappa shape index (κ3) is 63.2. The molecule has 462 valence electrons. The predicted molar refractivity (Wildman–Crippen MR) is 357 cm³/mol. The number of allylic oxidation sites excluding steroid dienone is 29. The molecule has 9 heteroatoms. The van der Waals surface area contributed by atoms with Crippen molar-refractivity contribution < 1.29 is 32.9 Å². The molecule has 3 unspecified atom stereocenters. The highest BCUT2D eigenvalue weighted by Gasteiger charge is 2.23. The minimum Gasteiger partial charge on any atom is -0.756 e. The van der Waals surface area contributed by atoms with Crippen LogP contribution in [-0.4, -0.2) is 68.5 Å². The number of carbonyl (C=O) groups excluding carboxylic acids is 1. The normalized spacial score (nSPS) is 15.0. The summed E-state index contributed by atoms with van der Waals surface area (Å²) in [6, 6.07) is -0.938. The fraction of sp³-hybridized carbons (Fsp3) is 0.575. The van der Waals surface area contributed by atoms with Crippen LogP contribution in [0.5, 0.6) is 0 Å². The van der Waals surface area contributed by atoms with Crippen LogP contribution >= 0.6 is 7.82 Å². The van der Waals surface area contributed by atoms with Gasteiger partial charge in [-0.25, -0.2) is 0 Å². The smallest absolute Gasteiger partial charge is 0.268 e. The van der Waals surface area contributed by atoms with Gasteiger partial charge in [0.1, 0.15) is 13.2 Å². The maximum Gasteiger partial charge on any atom is 0.268 e. The topological polar surface area (TPSA) is 108 Å². The van der Waals surface area contributed by atoms with Gasteiger partial charge >= 0.3 is 0 Å². The van der Waals surface area contributed by atoms with Crippen LogP contribution in [0, 0.1) is 0 Å². The highest BCUT2D eigenvalue weighted by Crippen LogP contribution is 2.38. The van der Waals surface area contributed by atoms with Gasteiger partial charge in [0, 0.05) is 6.42 Å². The second-order valence-electron chi connectivity index (χ2n) is 22.0. The SMILES string of the molecule is CC/C=C\C/C=C\C/C=C\C/C=C\C/C=C\C/C=C\C/C=C\C/C=C\C/C=C\C/C=C\C/C=C\C/C=C\CCCCCCC(=O)NC(COP(=O)([O-])OCC[N+](C)(C)C)C(O)/C=C/CC/C=C/CC/C=C/CCCCCCCCCCC. The lowest BCUT2D eigenvalue weighted by Crippen LogP contribution is -2.45. The number of quaternary nitrogens is 1. The largest absolute Gasteiger partial charge is 0.756 e. The van der Waals surface area contributed by atoms with Crippen molar-refractivity contribution in [2.75, 3.05) is 40.9 Å². The highest BCUT2D eigenvalue weighted by molar-refractivity contribution is 7.45. The second kappa shape index (κ2) is 61.2. The number of rotatable bonds is 56. The van der Waals surface area contributed by atoms with Crippen LogP contribution in [0.4, 0.5) is 0 Å². The lowest BCUT2D eigenvalue weighted by Gasteiger charge is -2.29. The number of likely N-dealkylation sites (N-methyl/N-ethyl adjacent to an activating group) is 1. The van der Waals surface area contributed by atoms with Crippen molar-refractivity contribution in [2.24, 2.45) is 0 Å². The van der Waals surface area contributed by atoms with E-state index in [2.05, 4.69) is 189 Å². The molecule has 2 N–H and O–H groups in total. The fourth-order valence-electron chi connectivity index (χ4n) is 8.11. The van der Waals surface area contributed by atoms with Crippen molar-refractivity contribution in [1.29, 1.82) is 0 Å². The van der Waals surface area contributed by atoms with E-state index in [1.54, 1.807) is 6.08 Å². The summed E-state index contributed by atoms with van der Waals surface area (Å²) in [5.74, 6) is -0.243. The van der Waals surface area contributed by atoms with Gasteiger partial charge in [0.25, 0.3) is 7.82 Å². The number of hydrogen-bond acceptors (Lipinski definition) is 6. The van der Waals surface area contributed by atoms with Crippen LogP contribution in [0.3, 0.4) is 0 Å². The Kier molecular flexibility index (Phi) is 57.9. The molecule has 0 rings (SSSR count). The van der Waals surface area contributed by atoms with Gasteiger partial charge in [0.15, 0.2) is 0 Å². The average Bonchev–Trinajstić information content (AvgIpc) is 3.47. The van der Waals surface area contributed by atoms with Gasteiger partial charge in [-0.2, -0.15) is 0 Å². The first-order chi connectivity index (χ1) is 40.0. The Morgan fingerprint density at radius 3 is 1.13 bits per heavy atom. The first-order valence-electron chi connectivity index (χ1n) is 32.1. The lowest BCUT2D eigenvalue weighted by atomic mass is 10.1. The molecule has 0 heterocycles. The molecule has 0 aromatic heterocycles. The molecule has 0 saturated carbocycles. The van der Waals surface area contributed by atoms with Crippen molar-refractivity contribution in [3.63, 3.8) is 0 Å². The molecule has 0 fully saturated rings. The maximum atomic E-state index is 13.0. The number of nitrogens with zero attached hydrogens (tertiary/aromatic N) is 1. The summed E-state index contributed by atoms with van der Waals surface area (Å²) in [6.45, 7) is 4.46. The monoisotopic (exact) mass is 1150 g/mol. The minimum atomic E-state index is -4.63. The van der Waals surface area contributed by atoms with Crippen LogP contribution in [0.1, 0.15) is 219 Å². The van der Waals surface area contributed by atoms with Crippen molar-refractivity contribution in [2.45, 2.75) is 231 Å². The van der Waals surface area contributed by atoms with Gasteiger partial charge in [-0.15, -0.1) is 0 Å². The molecule has 0 spiro atoms. The van der Waals surface area contributed by atoms with Crippen LogP contribution in [-0.2, 0) is 18.4 Å². The number of nitrogens with one attached hydrogen (secondary N) is 1. The fourth-order valence-corrected chi connectivity index (χ4v) is 8.83. The molecule has 0 aliphatic rings. The number of hydrogen-bond donors (Lipinski definition) is 2. The average molecular weight is 1150 g/mol. The van der Waals surface area contributed by atoms with E-state index in [4.69, 9.17) is 9.05 Å². The number of carbonyl (C=O) groups is 1. The minimum absolute atomic E-state index is 0.0243. The third-order valence-corrected chi connectivity index (χ3v) is 14.0. The van der Waals surface area contributed by atoms with E-state index in [0.717, 1.165) is 122 Å². The third-order valence-electron chi connectivity index (χ3n) is 13.1. The van der Waals surface area contributed by atoms with Crippen LogP contribution in [0.2, 0.25) is 0 Å². The van der Waals surface area contributed by atoms with Crippen LogP contribution < -0.4 is 10.2 Å². The number of amides is 1. The number of aliphatic hydroxyl groups excluding tert-OH is 1. The van der Waals surface area contributed by atoms with Gasteiger partial charge in [-0.1, -0.05) is 260 Å². The summed E-state index contributed by atoms with van der Waals surface area (Å²) in [6.07, 6.45) is 98.5. The van der Waals surface area contributed by atoms with Crippen molar-refractivity contribution in [1.82, 2.24) is 5.32 Å². The van der Waals surface area contributed by atoms with Gasteiger partial charge in [0.2, 0.25) is 5.91 Å². The Bertz CT molecular complexity index is 1990. The molecule has 0 aromatic rings. The molecule has 0 radical (unpaired) electrons. The molecule has 0 bridgehead atoms. The van der Waals surface area contributed by atoms with E-state index in [1.165, 1.54) is 64.2 Å². The zero-order valence-corrected chi connectivity index (χ0v) is 53.5. The molecule has 3 atom stereocenters. The summed E-state index contributed by atoms with van der Waals surface area (Å²) in [5.41, 5.74) is 0. The van der Waals surface area contributed by atoms with E-state index in [1.807, 2.05) is 27.2 Å². The van der Waals surface area contributed by atoms with E-state index in [0.29, 0.717) is 23.9 Å². The highest BCUT2D eigenvalue weighted by atomic mass is 31.2. The van der Waals surface area contributed by atoms with Gasteiger partial charge in [0.05, 0.1) is 39.9 Å². The molecular formula is C73H119N2O6P. The summed E-state index contributed by atoms with van der Waals surface area (Å²) in [5, 5.41) is 13.8. The van der Waals surface area contributed by atoms with Crippen molar-refractivity contribution >= 4 is 13.7 Å². The zero-order valence-electron chi connectivity index (χ0n) is 52.6. The van der Waals surface area contributed by atoms with Gasteiger partial charge in [-0.3, -0.25) is 9.36 Å². The zero-order chi connectivity index (χ0) is 59.8. The molecular weight excluding hydrogens is 1030 g/mol. The van der Waals surface area contributed by atoms with Crippen molar-refractivity contribution in [3.05, 3.63) is 182 Å². The molecule has 0 aliphatic heterocycles. The number of aliphatic hydroxyl groups is 1. The first-order valence-corrected chi connectivity index (χ1v) is 33.6. The predicted octanol–water partition coefficient (Wildman–Crippen LogP) is 19.9. The van der Waals surface area contributed by atoms with E-state index >= 15 is 0 Å². The Labute approximate surface area is 504 Å². The Balaban J connectivity index is 4.28. The summed E-state index contributed by atoms with van der Waals surface area (Å²) >= 11 is 0. The molecule has 0 aliphatic carbocycles. The molecule has 0 aromatic carbocycles. The Morgan fingerprint density at radius 1 is 0.439 bits per heavy atom. The van der Waals surface area contributed by atoms with Crippen LogP contribution in [0.15, 0.2) is 182 Å². The Morgan fingerprint density at radius 2 is 0.756 bits per heavy atom. The standard InChI is InChI=1S/C73H119N2O6P/c1-6-8-10-12-14-16-18-20-22-24-26-27-28-29-30-31-32-33-34-35-36-37-38-39-40-41-42-43-44-45-46-47-49-51-53-55-57-59-61-63-65-67-73(77)74-71(70-81-82(78,79)80-69-68-75(3,4)5)72(76)66-64-62-60-58-56-54-52-50-48-25-23-21-19-17-15-13-11-9-7-2/h8,10,14,16,20,22,26-27,29-30,32-33,35-36,38-39,41-42,44-45,47-50,53,55-56,58,64,66,71-72,76H,6-7,9,11-13,15,17-19,21,23-25,28,31,34,37,40,43,46,51-52,54,57,59-63,65,67-70H2,1-5H3,(H-,74,77,78,79)/b10-8-,16-14-,22-20-,27-26-,30-29-,33-32-,36-35-,39-38-,42-41-,45-44-,49-47-,50-48+,55-53-,58-56+,66-64+. The molecule has 1 amide bonds. The summed E-state index contributed by atoms with van der Waals surface area (Å²) in [4.78, 5) is 25.5. The molecule has 8 nitrogen and oxygen atoms in total. The van der Waals surface area contributed by atoms with E-state index in [-0.39, 0.29) is 18.9 Å². The second-order valence-corrected chi connectivity index (χ2v) is 23.4. The Hall–Kier alpha value is -4.40. The van der Waals surface area contributed by atoms with Gasteiger partial charge in [-0.05, 0) is 135 Å². The number of phosphoric ester groups is 1. The van der Waals surface area contributed by atoms with Gasteiger partial charge < -0.3 is 28.8 Å². The first kappa shape index (κ1) is 77.6. The quantitative estimate of drug-likeness (QED) is 0.0272. The van der Waals surface area contributed by atoms with Crippen molar-refractivity contribution in [3.8, 4) is 0 Å². The van der Waals surface area contributed by atoms with E-state index < -0.39 is 26.6 Å². The lowest BCUT2D eigenvalue weighted by molar-refractivity contribution is -0.870. The molecule has 0 saturated heterocycles. The van der Waals surface area contributed by atoms with Crippen LogP contribution in [0.25, 0.3) is 0 Å².